The summed E-state index contributed by atoms with van der Waals surface area (Å²) in [6, 6.07) is 10.6. The maximum atomic E-state index is 4.49. The molecule has 0 amide bonds. The Balaban J connectivity index is 2.01. The molecule has 0 fully saturated rings. The maximum absolute atomic E-state index is 4.49. The van der Waals surface area contributed by atoms with Gasteiger partial charge in [0.1, 0.15) is 5.52 Å². The molecule has 4 nitrogen and oxygen atoms in total. The Bertz CT molecular complexity index is 736. The van der Waals surface area contributed by atoms with Gasteiger partial charge in [0.15, 0.2) is 5.82 Å². The average Bonchev–Trinajstić information content (AvgIpc) is 2.88. The van der Waals surface area contributed by atoms with Crippen molar-refractivity contribution in [2.24, 2.45) is 5.92 Å². The summed E-state index contributed by atoms with van der Waals surface area (Å²) < 4.78 is 2.76. The molecule has 0 spiro atoms. The number of halogens is 1. The number of benzene rings is 1. The van der Waals surface area contributed by atoms with Crippen LogP contribution in [-0.2, 0) is 0 Å². The van der Waals surface area contributed by atoms with Gasteiger partial charge < -0.3 is 5.32 Å². The van der Waals surface area contributed by atoms with Gasteiger partial charge in [-0.3, -0.25) is 0 Å². The fourth-order valence-electron chi connectivity index (χ4n) is 2.46. The molecule has 1 N–H and O–H groups in total. The number of hydrogen-bond donors (Lipinski definition) is 1. The molecular formula is C16H17BrN4. The molecule has 5 heteroatoms. The van der Waals surface area contributed by atoms with E-state index < -0.39 is 0 Å². The highest BCUT2D eigenvalue weighted by molar-refractivity contribution is 9.10. The van der Waals surface area contributed by atoms with Gasteiger partial charge in [0.25, 0.3) is 0 Å². The van der Waals surface area contributed by atoms with Crippen LogP contribution in [0.25, 0.3) is 5.52 Å². The fraction of sp³-hybridized carbons (Fsp3) is 0.250. The van der Waals surface area contributed by atoms with Crippen LogP contribution < -0.4 is 5.32 Å². The van der Waals surface area contributed by atoms with E-state index in [1.807, 2.05) is 16.8 Å². The third-order valence-electron chi connectivity index (χ3n) is 3.50. The predicted octanol–water partition coefficient (Wildman–Crippen LogP) is 4.30. The number of rotatable bonds is 4. The van der Waals surface area contributed by atoms with Crippen molar-refractivity contribution >= 4 is 27.3 Å². The third-order valence-corrected chi connectivity index (χ3v) is 4.08. The van der Waals surface area contributed by atoms with E-state index in [0.717, 1.165) is 15.8 Å². The van der Waals surface area contributed by atoms with E-state index in [2.05, 4.69) is 69.4 Å². The molecule has 0 bridgehead atoms. The highest BCUT2D eigenvalue weighted by Crippen LogP contribution is 2.30. The molecule has 0 saturated heterocycles. The Morgan fingerprint density at radius 1 is 1.19 bits per heavy atom. The second kappa shape index (κ2) is 5.85. The zero-order valence-corrected chi connectivity index (χ0v) is 13.6. The smallest absolute Gasteiger partial charge is 0.153 e. The van der Waals surface area contributed by atoms with Gasteiger partial charge >= 0.3 is 0 Å². The lowest BCUT2D eigenvalue weighted by Gasteiger charge is -2.23. The zero-order chi connectivity index (χ0) is 14.8. The number of fused-ring (bicyclic) bond motifs is 1. The molecular weight excluding hydrogens is 328 g/mol. The third kappa shape index (κ3) is 2.78. The minimum Gasteiger partial charge on any atom is -0.361 e. The molecule has 0 radical (unpaired) electrons. The first-order chi connectivity index (χ1) is 10.2. The normalized spacial score (nSPS) is 12.8. The molecule has 1 atom stereocenters. The van der Waals surface area contributed by atoms with Crippen molar-refractivity contribution < 1.29 is 0 Å². The van der Waals surface area contributed by atoms with Gasteiger partial charge in [0.2, 0.25) is 0 Å². The predicted molar refractivity (Wildman–Crippen MR) is 88.3 cm³/mol. The minimum absolute atomic E-state index is 0.201. The first-order valence-electron chi connectivity index (χ1n) is 6.96. The Morgan fingerprint density at radius 2 is 1.95 bits per heavy atom. The Labute approximate surface area is 132 Å². The minimum atomic E-state index is 0.201. The van der Waals surface area contributed by atoms with Crippen LogP contribution in [0.3, 0.4) is 0 Å². The van der Waals surface area contributed by atoms with Gasteiger partial charge in [-0.15, -0.1) is 0 Å². The van der Waals surface area contributed by atoms with E-state index in [-0.39, 0.29) is 6.04 Å². The van der Waals surface area contributed by atoms with Crippen LogP contribution in [-0.4, -0.2) is 14.6 Å². The second-order valence-electron chi connectivity index (χ2n) is 5.34. The molecule has 1 unspecified atom stereocenters. The first kappa shape index (κ1) is 14.1. The molecule has 21 heavy (non-hydrogen) atoms. The van der Waals surface area contributed by atoms with Gasteiger partial charge in [-0.1, -0.05) is 44.2 Å². The molecule has 0 saturated carbocycles. The topological polar surface area (TPSA) is 42.2 Å². The van der Waals surface area contributed by atoms with Crippen molar-refractivity contribution in [2.75, 3.05) is 5.32 Å². The summed E-state index contributed by atoms with van der Waals surface area (Å²) in [5, 5.41) is 7.86. The standard InChI is InChI=1S/C16H17BrN4/c1-11(2)14(12-6-4-3-5-7-12)20-16-15-13(17)10-19-21(15)9-8-18-16/h3-11,14H,1-2H3,(H,18,20). The highest BCUT2D eigenvalue weighted by Gasteiger charge is 2.18. The summed E-state index contributed by atoms with van der Waals surface area (Å²) in [6.45, 7) is 4.41. The number of nitrogens with zero attached hydrogens (tertiary/aromatic N) is 3. The van der Waals surface area contributed by atoms with Crippen molar-refractivity contribution in [3.63, 3.8) is 0 Å². The summed E-state index contributed by atoms with van der Waals surface area (Å²) in [7, 11) is 0. The largest absolute Gasteiger partial charge is 0.361 e. The summed E-state index contributed by atoms with van der Waals surface area (Å²) in [5.74, 6) is 1.28. The molecule has 108 valence electrons. The maximum Gasteiger partial charge on any atom is 0.153 e. The van der Waals surface area contributed by atoms with Gasteiger partial charge in [0.05, 0.1) is 16.7 Å². The van der Waals surface area contributed by atoms with Crippen molar-refractivity contribution in [3.8, 4) is 0 Å². The lowest BCUT2D eigenvalue weighted by Crippen LogP contribution is -2.18. The van der Waals surface area contributed by atoms with E-state index in [1.54, 1.807) is 12.4 Å². The monoisotopic (exact) mass is 344 g/mol. The lowest BCUT2D eigenvalue weighted by atomic mass is 9.96. The van der Waals surface area contributed by atoms with Crippen LogP contribution in [0.2, 0.25) is 0 Å². The fourth-order valence-corrected chi connectivity index (χ4v) is 2.92. The summed E-state index contributed by atoms with van der Waals surface area (Å²) in [6.07, 6.45) is 5.39. The number of aromatic nitrogens is 3. The Morgan fingerprint density at radius 3 is 2.67 bits per heavy atom. The Hall–Kier alpha value is -1.88. The van der Waals surface area contributed by atoms with Gasteiger partial charge in [-0.05, 0) is 27.4 Å². The SMILES string of the molecule is CC(C)C(Nc1nccn2ncc(Br)c12)c1ccccc1. The first-order valence-corrected chi connectivity index (χ1v) is 7.75. The zero-order valence-electron chi connectivity index (χ0n) is 12.0. The van der Waals surface area contributed by atoms with Crippen molar-refractivity contribution in [3.05, 3.63) is 59.0 Å². The van der Waals surface area contributed by atoms with E-state index in [1.165, 1.54) is 5.56 Å². The van der Waals surface area contributed by atoms with E-state index in [4.69, 9.17) is 0 Å². The van der Waals surface area contributed by atoms with Crippen LogP contribution in [0.5, 0.6) is 0 Å². The molecule has 2 aromatic heterocycles. The van der Waals surface area contributed by atoms with Crippen LogP contribution in [0, 0.1) is 5.92 Å². The average molecular weight is 345 g/mol. The molecule has 0 aliphatic carbocycles. The van der Waals surface area contributed by atoms with Gasteiger partial charge in [0, 0.05) is 12.4 Å². The van der Waals surface area contributed by atoms with Crippen LogP contribution >= 0.6 is 15.9 Å². The van der Waals surface area contributed by atoms with E-state index in [9.17, 15) is 0 Å². The quantitative estimate of drug-likeness (QED) is 0.767. The molecule has 3 rings (SSSR count). The lowest BCUT2D eigenvalue weighted by molar-refractivity contribution is 0.545. The molecule has 2 heterocycles. The summed E-state index contributed by atoms with van der Waals surface area (Å²) in [4.78, 5) is 4.49. The van der Waals surface area contributed by atoms with Crippen molar-refractivity contribution in [1.29, 1.82) is 0 Å². The number of anilines is 1. The summed E-state index contributed by atoms with van der Waals surface area (Å²) in [5.41, 5.74) is 2.21. The molecule has 0 aliphatic rings. The molecule has 0 aliphatic heterocycles. The Kier molecular flexibility index (Phi) is 3.92. The van der Waals surface area contributed by atoms with Gasteiger partial charge in [-0.2, -0.15) is 5.10 Å². The van der Waals surface area contributed by atoms with Crippen LogP contribution in [0.4, 0.5) is 5.82 Å². The second-order valence-corrected chi connectivity index (χ2v) is 6.19. The van der Waals surface area contributed by atoms with Crippen molar-refractivity contribution in [2.45, 2.75) is 19.9 Å². The molecule has 3 aromatic rings. The number of hydrogen-bond acceptors (Lipinski definition) is 3. The van der Waals surface area contributed by atoms with E-state index in [0.29, 0.717) is 5.92 Å². The van der Waals surface area contributed by atoms with Crippen LogP contribution in [0.1, 0.15) is 25.5 Å². The van der Waals surface area contributed by atoms with E-state index >= 15 is 0 Å². The van der Waals surface area contributed by atoms with Crippen molar-refractivity contribution in [1.82, 2.24) is 14.6 Å². The van der Waals surface area contributed by atoms with Crippen LogP contribution in [0.15, 0.2) is 53.4 Å². The number of nitrogens with one attached hydrogen (secondary N) is 1. The highest BCUT2D eigenvalue weighted by atomic mass is 79.9. The van der Waals surface area contributed by atoms with Gasteiger partial charge in [-0.25, -0.2) is 9.50 Å². The molecule has 1 aromatic carbocycles. The summed E-state index contributed by atoms with van der Waals surface area (Å²) >= 11 is 3.54.